The van der Waals surface area contributed by atoms with Gasteiger partial charge >= 0.3 is 0 Å². The van der Waals surface area contributed by atoms with Gasteiger partial charge in [0, 0.05) is 15.1 Å². The lowest BCUT2D eigenvalue weighted by atomic mass is 10.1. The minimum atomic E-state index is 0.702. The minimum absolute atomic E-state index is 0.702. The molecule has 1 aliphatic rings. The Morgan fingerprint density at radius 3 is 2.30 bits per heavy atom. The van der Waals surface area contributed by atoms with Gasteiger partial charge < -0.3 is 0 Å². The van der Waals surface area contributed by atoms with E-state index in [9.17, 15) is 0 Å². The molecule has 0 bridgehead atoms. The second-order valence-electron chi connectivity index (χ2n) is 6.74. The van der Waals surface area contributed by atoms with Crippen LogP contribution in [0.5, 0.6) is 0 Å². The average molecular weight is 464 g/mol. The molecule has 4 rings (SSSR count). The predicted octanol–water partition coefficient (Wildman–Crippen LogP) is 5.93. The van der Waals surface area contributed by atoms with Gasteiger partial charge in [0.05, 0.1) is 12.4 Å². The van der Waals surface area contributed by atoms with Gasteiger partial charge in [-0.15, -0.1) is 5.10 Å². The zero-order valence-electron chi connectivity index (χ0n) is 14.8. The average Bonchev–Trinajstić information content (AvgIpc) is 3.00. The molecule has 0 atom stereocenters. The molecule has 3 aromatic rings. The fraction of sp³-hybridized carbons (Fsp3) is 0.300. The molecule has 7 heteroatoms. The molecule has 0 spiro atoms. The third-order valence-corrected chi connectivity index (χ3v) is 5.98. The highest BCUT2D eigenvalue weighted by Crippen LogP contribution is 2.25. The van der Waals surface area contributed by atoms with Gasteiger partial charge in [-0.1, -0.05) is 34.0 Å². The van der Waals surface area contributed by atoms with Gasteiger partial charge in [-0.3, -0.25) is 9.47 Å². The third-order valence-electron chi connectivity index (χ3n) is 4.81. The minimum Gasteiger partial charge on any atom is -0.284 e. The van der Waals surface area contributed by atoms with Gasteiger partial charge in [0.25, 0.3) is 0 Å². The summed E-state index contributed by atoms with van der Waals surface area (Å²) in [6, 6.07) is 15.9. The van der Waals surface area contributed by atoms with E-state index < -0.39 is 0 Å². The van der Waals surface area contributed by atoms with Crippen LogP contribution in [-0.4, -0.2) is 32.3 Å². The molecule has 0 aliphatic carbocycles. The maximum atomic E-state index is 6.07. The highest BCUT2D eigenvalue weighted by molar-refractivity contribution is 9.10. The molecule has 1 aliphatic heterocycles. The Kier molecular flexibility index (Phi) is 5.78. The van der Waals surface area contributed by atoms with Crippen molar-refractivity contribution in [1.29, 1.82) is 0 Å². The van der Waals surface area contributed by atoms with E-state index in [-0.39, 0.29) is 0 Å². The zero-order chi connectivity index (χ0) is 18.8. The molecule has 0 unspecified atom stereocenters. The van der Waals surface area contributed by atoms with Crippen molar-refractivity contribution < 1.29 is 0 Å². The lowest BCUT2D eigenvalue weighted by Crippen LogP contribution is -2.32. The van der Waals surface area contributed by atoms with Crippen molar-refractivity contribution in [2.24, 2.45) is 0 Å². The topological polar surface area (TPSA) is 26.0 Å². The van der Waals surface area contributed by atoms with E-state index in [1.54, 1.807) is 0 Å². The Balaban J connectivity index is 1.80. The van der Waals surface area contributed by atoms with Gasteiger partial charge in [0.2, 0.25) is 4.77 Å². The Hall–Kier alpha value is -1.47. The normalized spacial score (nSPS) is 15.2. The molecule has 0 N–H and O–H groups in total. The molecule has 140 valence electrons. The number of piperidine rings is 1. The Labute approximate surface area is 177 Å². The summed E-state index contributed by atoms with van der Waals surface area (Å²) in [5.41, 5.74) is 1.99. The van der Waals surface area contributed by atoms with E-state index in [1.807, 2.05) is 57.8 Å². The summed E-state index contributed by atoms with van der Waals surface area (Å²) in [6.07, 6.45) is 3.79. The van der Waals surface area contributed by atoms with Crippen LogP contribution in [0.1, 0.15) is 19.3 Å². The van der Waals surface area contributed by atoms with E-state index >= 15 is 0 Å². The van der Waals surface area contributed by atoms with E-state index in [0.717, 1.165) is 41.3 Å². The SMILES string of the molecule is S=c1n(CN2CCCCC2)nc(-c2ccc(Cl)cc2)n1-c1ccc(Br)cc1. The van der Waals surface area contributed by atoms with Crippen LogP contribution in [0.4, 0.5) is 0 Å². The fourth-order valence-electron chi connectivity index (χ4n) is 3.40. The maximum Gasteiger partial charge on any atom is 0.204 e. The highest BCUT2D eigenvalue weighted by Gasteiger charge is 2.17. The summed E-state index contributed by atoms with van der Waals surface area (Å²) >= 11 is 15.4. The molecule has 1 fully saturated rings. The summed E-state index contributed by atoms with van der Waals surface area (Å²) in [7, 11) is 0. The molecular formula is C20H20BrClN4S. The van der Waals surface area contributed by atoms with Crippen molar-refractivity contribution in [1.82, 2.24) is 19.2 Å². The molecule has 1 aromatic heterocycles. The van der Waals surface area contributed by atoms with Crippen LogP contribution in [0.15, 0.2) is 53.0 Å². The second kappa shape index (κ2) is 8.27. The van der Waals surface area contributed by atoms with Gasteiger partial charge in [-0.25, -0.2) is 4.68 Å². The van der Waals surface area contributed by atoms with Crippen LogP contribution in [0.3, 0.4) is 0 Å². The first-order valence-corrected chi connectivity index (χ1v) is 10.6. The van der Waals surface area contributed by atoms with Gasteiger partial charge in [-0.05, 0) is 86.7 Å². The van der Waals surface area contributed by atoms with Crippen molar-refractivity contribution in [3.8, 4) is 17.1 Å². The number of likely N-dealkylation sites (tertiary alicyclic amines) is 1. The maximum absolute atomic E-state index is 6.07. The number of nitrogens with zero attached hydrogens (tertiary/aromatic N) is 4. The number of halogens is 2. The first-order valence-electron chi connectivity index (χ1n) is 9.06. The third kappa shape index (κ3) is 4.19. The molecule has 27 heavy (non-hydrogen) atoms. The predicted molar refractivity (Wildman–Crippen MR) is 116 cm³/mol. The fourth-order valence-corrected chi connectivity index (χ4v) is 4.08. The summed E-state index contributed by atoms with van der Waals surface area (Å²) in [5.74, 6) is 0.830. The van der Waals surface area contributed by atoms with Crippen molar-refractivity contribution in [2.45, 2.75) is 25.9 Å². The van der Waals surface area contributed by atoms with Crippen LogP contribution >= 0.6 is 39.7 Å². The van der Waals surface area contributed by atoms with E-state index in [4.69, 9.17) is 28.9 Å². The highest BCUT2D eigenvalue weighted by atomic mass is 79.9. The molecular weight excluding hydrogens is 444 g/mol. The molecule has 0 radical (unpaired) electrons. The Bertz CT molecular complexity index is 973. The molecule has 4 nitrogen and oxygen atoms in total. The van der Waals surface area contributed by atoms with Gasteiger partial charge in [0.15, 0.2) is 5.82 Å². The molecule has 0 saturated carbocycles. The van der Waals surface area contributed by atoms with Crippen molar-refractivity contribution in [3.63, 3.8) is 0 Å². The summed E-state index contributed by atoms with van der Waals surface area (Å²) < 4.78 is 5.71. The number of aromatic nitrogens is 3. The molecule has 2 heterocycles. The molecule has 2 aromatic carbocycles. The molecule has 1 saturated heterocycles. The summed E-state index contributed by atoms with van der Waals surface area (Å²) in [6.45, 7) is 2.93. The number of hydrogen-bond donors (Lipinski definition) is 0. The first-order chi connectivity index (χ1) is 13.1. The standard InChI is InChI=1S/C20H20BrClN4S/c21-16-6-10-18(11-7-16)26-19(15-4-8-17(22)9-5-15)23-25(20(26)27)14-24-12-2-1-3-13-24/h4-11H,1-3,12-14H2. The van der Waals surface area contributed by atoms with E-state index in [1.165, 1.54) is 19.3 Å². The lowest BCUT2D eigenvalue weighted by molar-refractivity contribution is 0.172. The smallest absolute Gasteiger partial charge is 0.204 e. The van der Waals surface area contributed by atoms with Crippen LogP contribution in [0, 0.1) is 4.77 Å². The second-order valence-corrected chi connectivity index (χ2v) is 8.46. The van der Waals surface area contributed by atoms with Crippen LogP contribution < -0.4 is 0 Å². The van der Waals surface area contributed by atoms with E-state index in [2.05, 4.69) is 20.8 Å². The zero-order valence-corrected chi connectivity index (χ0v) is 18.0. The number of hydrogen-bond acceptors (Lipinski definition) is 3. The monoisotopic (exact) mass is 462 g/mol. The number of benzene rings is 2. The van der Waals surface area contributed by atoms with E-state index in [0.29, 0.717) is 9.79 Å². The Morgan fingerprint density at radius 1 is 0.963 bits per heavy atom. The molecule has 0 amide bonds. The largest absolute Gasteiger partial charge is 0.284 e. The van der Waals surface area contributed by atoms with Crippen molar-refractivity contribution >= 4 is 39.7 Å². The van der Waals surface area contributed by atoms with Crippen molar-refractivity contribution in [2.75, 3.05) is 13.1 Å². The van der Waals surface area contributed by atoms with Gasteiger partial charge in [-0.2, -0.15) is 0 Å². The van der Waals surface area contributed by atoms with Crippen LogP contribution in [-0.2, 0) is 6.67 Å². The van der Waals surface area contributed by atoms with Crippen LogP contribution in [0.25, 0.3) is 17.1 Å². The summed E-state index contributed by atoms with van der Waals surface area (Å²) in [4.78, 5) is 2.42. The summed E-state index contributed by atoms with van der Waals surface area (Å²) in [5, 5.41) is 5.59. The number of rotatable bonds is 4. The lowest BCUT2D eigenvalue weighted by Gasteiger charge is -2.25. The van der Waals surface area contributed by atoms with Crippen molar-refractivity contribution in [3.05, 3.63) is 62.8 Å². The first kappa shape index (κ1) is 18.9. The van der Waals surface area contributed by atoms with Gasteiger partial charge in [0.1, 0.15) is 0 Å². The quantitative estimate of drug-likeness (QED) is 0.449. The Morgan fingerprint density at radius 2 is 1.63 bits per heavy atom. The van der Waals surface area contributed by atoms with Crippen LogP contribution in [0.2, 0.25) is 5.02 Å².